The van der Waals surface area contributed by atoms with Crippen molar-refractivity contribution < 1.29 is 14.3 Å². The van der Waals surface area contributed by atoms with Crippen molar-refractivity contribution in [1.29, 1.82) is 0 Å². The van der Waals surface area contributed by atoms with Gasteiger partial charge in [0.2, 0.25) is 0 Å². The molecule has 2 amide bonds. The number of hydrogen-bond acceptors (Lipinski definition) is 3. The van der Waals surface area contributed by atoms with Crippen LogP contribution in [-0.2, 0) is 12.0 Å². The monoisotopic (exact) mass is 330 g/mol. The Bertz CT molecular complexity index is 634. The van der Waals surface area contributed by atoms with Crippen LogP contribution in [0.1, 0.15) is 32.1 Å². The van der Waals surface area contributed by atoms with Crippen LogP contribution in [-0.4, -0.2) is 24.2 Å². The summed E-state index contributed by atoms with van der Waals surface area (Å²) in [5, 5.41) is 15.9. The Morgan fingerprint density at radius 1 is 1.04 bits per heavy atom. The summed E-state index contributed by atoms with van der Waals surface area (Å²) in [6.07, 6.45) is 2.37. The van der Waals surface area contributed by atoms with Gasteiger partial charge in [-0.1, -0.05) is 44.2 Å². The topological polar surface area (TPSA) is 74.5 Å². The fourth-order valence-electron chi connectivity index (χ4n) is 2.52. The van der Waals surface area contributed by atoms with Crippen LogP contribution in [0, 0.1) is 5.41 Å². The maximum atomic E-state index is 12.0. The standard InChI is InChI=1S/C19H26N2O3/c1-18(2,12-15-8-5-4-6-9-15)13-20-17(22)21-14-19(3,23)16-10-7-11-24-16/h4-11,23H,12-14H2,1-3H3,(H2,20,21,22). The highest BCUT2D eigenvalue weighted by Gasteiger charge is 2.27. The van der Waals surface area contributed by atoms with E-state index in [2.05, 4.69) is 36.6 Å². The van der Waals surface area contributed by atoms with Gasteiger partial charge >= 0.3 is 6.03 Å². The van der Waals surface area contributed by atoms with Crippen molar-refractivity contribution in [1.82, 2.24) is 10.6 Å². The summed E-state index contributed by atoms with van der Waals surface area (Å²) in [4.78, 5) is 12.0. The van der Waals surface area contributed by atoms with Crippen molar-refractivity contribution >= 4 is 6.03 Å². The number of amides is 2. The molecule has 0 bridgehead atoms. The van der Waals surface area contributed by atoms with E-state index in [-0.39, 0.29) is 18.0 Å². The van der Waals surface area contributed by atoms with Crippen molar-refractivity contribution in [3.63, 3.8) is 0 Å². The summed E-state index contributed by atoms with van der Waals surface area (Å²) in [7, 11) is 0. The summed E-state index contributed by atoms with van der Waals surface area (Å²) < 4.78 is 5.19. The number of carbonyl (C=O) groups excluding carboxylic acids is 1. The van der Waals surface area contributed by atoms with Gasteiger partial charge in [0.25, 0.3) is 0 Å². The lowest BCUT2D eigenvalue weighted by atomic mass is 9.86. The summed E-state index contributed by atoms with van der Waals surface area (Å²) in [6, 6.07) is 13.3. The first-order valence-electron chi connectivity index (χ1n) is 8.10. The number of furan rings is 1. The first-order valence-corrected chi connectivity index (χ1v) is 8.10. The molecule has 0 aliphatic carbocycles. The minimum absolute atomic E-state index is 0.0672. The Balaban J connectivity index is 1.78. The van der Waals surface area contributed by atoms with E-state index in [0.29, 0.717) is 12.3 Å². The van der Waals surface area contributed by atoms with Gasteiger partial charge < -0.3 is 20.2 Å². The third kappa shape index (κ3) is 5.42. The van der Waals surface area contributed by atoms with Crippen molar-refractivity contribution in [3.8, 4) is 0 Å². The van der Waals surface area contributed by atoms with Gasteiger partial charge in [-0.2, -0.15) is 0 Å². The molecule has 1 unspecified atom stereocenters. The normalized spacial score (nSPS) is 14.0. The van der Waals surface area contributed by atoms with Crippen LogP contribution >= 0.6 is 0 Å². The maximum absolute atomic E-state index is 12.0. The van der Waals surface area contributed by atoms with E-state index >= 15 is 0 Å². The summed E-state index contributed by atoms with van der Waals surface area (Å²) >= 11 is 0. The lowest BCUT2D eigenvalue weighted by molar-refractivity contribution is 0.0367. The first kappa shape index (κ1) is 18.1. The molecule has 0 aliphatic heterocycles. The average Bonchev–Trinajstić information content (AvgIpc) is 3.07. The van der Waals surface area contributed by atoms with E-state index in [1.54, 1.807) is 19.1 Å². The highest BCUT2D eigenvalue weighted by Crippen LogP contribution is 2.21. The largest absolute Gasteiger partial charge is 0.466 e. The Hall–Kier alpha value is -2.27. The molecular formula is C19H26N2O3. The number of benzene rings is 1. The van der Waals surface area contributed by atoms with Crippen molar-refractivity contribution in [2.24, 2.45) is 5.41 Å². The number of nitrogens with one attached hydrogen (secondary N) is 2. The number of hydrogen-bond donors (Lipinski definition) is 3. The minimum atomic E-state index is -1.24. The van der Waals surface area contributed by atoms with Gasteiger partial charge in [-0.3, -0.25) is 0 Å². The van der Waals surface area contributed by atoms with Crippen LogP contribution in [0.5, 0.6) is 0 Å². The van der Waals surface area contributed by atoms with Gasteiger partial charge in [0.15, 0.2) is 0 Å². The molecule has 2 aromatic rings. The summed E-state index contributed by atoms with van der Waals surface area (Å²) in [5.41, 5.74) is -0.0618. The molecular weight excluding hydrogens is 304 g/mol. The highest BCUT2D eigenvalue weighted by molar-refractivity contribution is 5.73. The van der Waals surface area contributed by atoms with E-state index in [4.69, 9.17) is 4.42 Å². The van der Waals surface area contributed by atoms with E-state index in [1.165, 1.54) is 11.8 Å². The maximum Gasteiger partial charge on any atom is 0.314 e. The second-order valence-electron chi connectivity index (χ2n) is 7.11. The van der Waals surface area contributed by atoms with Crippen LogP contribution in [0.2, 0.25) is 0 Å². The molecule has 0 fully saturated rings. The zero-order valence-electron chi connectivity index (χ0n) is 14.5. The molecule has 0 saturated heterocycles. The number of carbonyl (C=O) groups is 1. The SMILES string of the molecule is CC(C)(CNC(=O)NCC(C)(O)c1ccco1)Cc1ccccc1. The van der Waals surface area contributed by atoms with Crippen molar-refractivity contribution in [3.05, 3.63) is 60.1 Å². The van der Waals surface area contributed by atoms with Crippen LogP contribution in [0.4, 0.5) is 4.79 Å². The lowest BCUT2D eigenvalue weighted by Crippen LogP contribution is -2.46. The molecule has 1 aromatic carbocycles. The zero-order chi connectivity index (χ0) is 17.6. The molecule has 3 N–H and O–H groups in total. The quantitative estimate of drug-likeness (QED) is 0.730. The molecule has 0 saturated carbocycles. The summed E-state index contributed by atoms with van der Waals surface area (Å²) in [5.74, 6) is 0.423. The fraction of sp³-hybridized carbons (Fsp3) is 0.421. The van der Waals surface area contributed by atoms with Gasteiger partial charge in [0.05, 0.1) is 12.8 Å². The molecule has 1 heterocycles. The zero-order valence-corrected chi connectivity index (χ0v) is 14.5. The van der Waals surface area contributed by atoms with E-state index < -0.39 is 5.60 Å². The minimum Gasteiger partial charge on any atom is -0.466 e. The van der Waals surface area contributed by atoms with Gasteiger partial charge in [0, 0.05) is 6.54 Å². The average molecular weight is 330 g/mol. The van der Waals surface area contributed by atoms with Gasteiger partial charge in [-0.05, 0) is 36.5 Å². The molecule has 5 heteroatoms. The molecule has 1 aromatic heterocycles. The molecule has 2 rings (SSSR count). The lowest BCUT2D eigenvalue weighted by Gasteiger charge is -2.26. The van der Waals surface area contributed by atoms with Crippen LogP contribution in [0.25, 0.3) is 0 Å². The smallest absolute Gasteiger partial charge is 0.314 e. The van der Waals surface area contributed by atoms with E-state index in [0.717, 1.165) is 6.42 Å². The van der Waals surface area contributed by atoms with Gasteiger partial charge in [-0.15, -0.1) is 0 Å². The second kappa shape index (κ2) is 7.53. The van der Waals surface area contributed by atoms with Crippen molar-refractivity contribution in [2.75, 3.05) is 13.1 Å². The molecule has 5 nitrogen and oxygen atoms in total. The second-order valence-corrected chi connectivity index (χ2v) is 7.11. The van der Waals surface area contributed by atoms with Crippen LogP contribution in [0.15, 0.2) is 53.1 Å². The molecule has 0 radical (unpaired) electrons. The Morgan fingerprint density at radius 3 is 2.33 bits per heavy atom. The van der Waals surface area contributed by atoms with Crippen LogP contribution < -0.4 is 10.6 Å². The van der Waals surface area contributed by atoms with E-state index in [9.17, 15) is 9.90 Å². The molecule has 0 spiro atoms. The third-order valence-electron chi connectivity index (χ3n) is 3.90. The Morgan fingerprint density at radius 2 is 1.71 bits per heavy atom. The highest BCUT2D eigenvalue weighted by atomic mass is 16.4. The molecule has 24 heavy (non-hydrogen) atoms. The molecule has 0 aliphatic rings. The number of rotatable bonds is 7. The Kier molecular flexibility index (Phi) is 5.67. The molecule has 130 valence electrons. The van der Waals surface area contributed by atoms with Gasteiger partial charge in [0.1, 0.15) is 11.4 Å². The summed E-state index contributed by atoms with van der Waals surface area (Å²) in [6.45, 7) is 6.44. The first-order chi connectivity index (χ1) is 11.3. The van der Waals surface area contributed by atoms with Gasteiger partial charge in [-0.25, -0.2) is 4.79 Å². The third-order valence-corrected chi connectivity index (χ3v) is 3.90. The van der Waals surface area contributed by atoms with E-state index in [1.807, 2.05) is 18.2 Å². The Labute approximate surface area is 143 Å². The predicted molar refractivity (Wildman–Crippen MR) is 93.6 cm³/mol. The fourth-order valence-corrected chi connectivity index (χ4v) is 2.52. The van der Waals surface area contributed by atoms with Crippen molar-refractivity contribution in [2.45, 2.75) is 32.8 Å². The predicted octanol–water partition coefficient (Wildman–Crippen LogP) is 3.06. The molecule has 1 atom stereocenters. The van der Waals surface area contributed by atoms with Crippen LogP contribution in [0.3, 0.4) is 0 Å². The number of urea groups is 1. The number of aliphatic hydroxyl groups is 1.